The Morgan fingerprint density at radius 2 is 2.04 bits per heavy atom. The lowest BCUT2D eigenvalue weighted by Gasteiger charge is -2.18. The van der Waals surface area contributed by atoms with E-state index in [0.717, 1.165) is 45.4 Å². The minimum Gasteiger partial charge on any atom is -0.359 e. The molecule has 0 spiro atoms. The minimum absolute atomic E-state index is 0.573. The highest BCUT2D eigenvalue weighted by Crippen LogP contribution is 2.23. The Balaban J connectivity index is 1.65. The third kappa shape index (κ3) is 2.81. The fourth-order valence-corrected chi connectivity index (χ4v) is 2.96. The van der Waals surface area contributed by atoms with Crippen molar-refractivity contribution in [2.75, 3.05) is 11.9 Å². The van der Waals surface area contributed by atoms with Gasteiger partial charge in [-0.05, 0) is 32.9 Å². The summed E-state index contributed by atoms with van der Waals surface area (Å²) < 4.78 is 7.40. The maximum Gasteiger partial charge on any atom is 0.160 e. The largest absolute Gasteiger partial charge is 0.359 e. The van der Waals surface area contributed by atoms with Gasteiger partial charge in [0.1, 0.15) is 11.5 Å². The molecular weight excluding hydrogens is 328 g/mol. The van der Waals surface area contributed by atoms with E-state index in [-0.39, 0.29) is 0 Å². The van der Waals surface area contributed by atoms with Gasteiger partial charge in [0.15, 0.2) is 11.4 Å². The quantitative estimate of drug-likeness (QED) is 0.563. The Bertz CT molecular complexity index is 1070. The zero-order chi connectivity index (χ0) is 18.3. The van der Waals surface area contributed by atoms with E-state index in [2.05, 4.69) is 25.1 Å². The molecule has 0 aliphatic heterocycles. The number of hydrogen-bond donors (Lipinski definition) is 0. The van der Waals surface area contributed by atoms with E-state index in [1.165, 1.54) is 0 Å². The molecule has 0 aliphatic carbocycles. The van der Waals surface area contributed by atoms with Crippen molar-refractivity contribution in [1.82, 2.24) is 24.7 Å². The Kier molecular flexibility index (Phi) is 3.91. The van der Waals surface area contributed by atoms with E-state index in [1.54, 1.807) is 12.4 Å². The normalized spacial score (nSPS) is 11.2. The van der Waals surface area contributed by atoms with Crippen LogP contribution in [-0.4, -0.2) is 31.8 Å². The first-order chi connectivity index (χ1) is 12.5. The molecule has 0 amide bonds. The lowest BCUT2D eigenvalue weighted by atomic mass is 10.2. The van der Waals surface area contributed by atoms with Crippen LogP contribution in [0.15, 0.2) is 41.2 Å². The maximum absolute atomic E-state index is 5.52. The topological polar surface area (TPSA) is 72.4 Å². The van der Waals surface area contributed by atoms with Crippen molar-refractivity contribution >= 4 is 11.5 Å². The summed E-state index contributed by atoms with van der Waals surface area (Å²) in [5.74, 6) is 1.73. The summed E-state index contributed by atoms with van der Waals surface area (Å²) in [7, 11) is 2.01. The van der Waals surface area contributed by atoms with Crippen molar-refractivity contribution in [2.24, 2.45) is 0 Å². The zero-order valence-corrected chi connectivity index (χ0v) is 15.3. The summed E-state index contributed by atoms with van der Waals surface area (Å²) in [5, 5.41) is 8.78. The molecule has 0 N–H and O–H groups in total. The van der Waals surface area contributed by atoms with Crippen molar-refractivity contribution in [3.63, 3.8) is 0 Å². The van der Waals surface area contributed by atoms with Gasteiger partial charge in [-0.25, -0.2) is 4.98 Å². The molecule has 0 saturated heterocycles. The summed E-state index contributed by atoms with van der Waals surface area (Å²) in [5.41, 5.74) is 5.64. The first kappa shape index (κ1) is 16.3. The highest BCUT2D eigenvalue weighted by molar-refractivity contribution is 5.58. The molecule has 132 valence electrons. The molecule has 26 heavy (non-hydrogen) atoms. The lowest BCUT2D eigenvalue weighted by Crippen LogP contribution is -2.20. The number of nitrogens with zero attached hydrogens (tertiary/aromatic N) is 6. The molecule has 0 atom stereocenters. The van der Waals surface area contributed by atoms with Gasteiger partial charge in [0.25, 0.3) is 0 Å². The number of fused-ring (bicyclic) bond motifs is 1. The second kappa shape index (κ2) is 6.25. The van der Waals surface area contributed by atoms with Crippen molar-refractivity contribution in [2.45, 2.75) is 27.3 Å². The predicted molar refractivity (Wildman–Crippen MR) is 99.0 cm³/mol. The standard InChI is InChI=1S/C19H20N6O/c1-12-8-18(25-19(21-12)13(2)14(3)22-25)24(4)11-16-9-17(23-26-16)15-6-5-7-20-10-15/h5-10H,11H2,1-4H3. The van der Waals surface area contributed by atoms with E-state index in [1.807, 2.05) is 56.6 Å². The van der Waals surface area contributed by atoms with E-state index in [0.29, 0.717) is 6.54 Å². The van der Waals surface area contributed by atoms with Crippen LogP contribution in [-0.2, 0) is 6.54 Å². The summed E-state index contributed by atoms with van der Waals surface area (Å²) in [6.07, 6.45) is 3.51. The van der Waals surface area contributed by atoms with Gasteiger partial charge >= 0.3 is 0 Å². The molecule has 4 rings (SSSR count). The van der Waals surface area contributed by atoms with Gasteiger partial charge in [0.2, 0.25) is 0 Å². The van der Waals surface area contributed by atoms with Crippen LogP contribution < -0.4 is 4.90 Å². The first-order valence-electron chi connectivity index (χ1n) is 8.43. The summed E-state index contributed by atoms with van der Waals surface area (Å²) in [6, 6.07) is 7.81. The van der Waals surface area contributed by atoms with Gasteiger partial charge < -0.3 is 9.42 Å². The molecule has 0 unspecified atom stereocenters. The second-order valence-electron chi connectivity index (χ2n) is 6.48. The second-order valence-corrected chi connectivity index (χ2v) is 6.48. The van der Waals surface area contributed by atoms with E-state index in [4.69, 9.17) is 4.52 Å². The fourth-order valence-electron chi connectivity index (χ4n) is 2.96. The van der Waals surface area contributed by atoms with Crippen molar-refractivity contribution in [1.29, 1.82) is 0 Å². The molecule has 0 aliphatic rings. The number of anilines is 1. The van der Waals surface area contributed by atoms with Gasteiger partial charge in [-0.1, -0.05) is 5.16 Å². The Morgan fingerprint density at radius 1 is 1.19 bits per heavy atom. The number of rotatable bonds is 4. The monoisotopic (exact) mass is 348 g/mol. The zero-order valence-electron chi connectivity index (χ0n) is 15.3. The highest BCUT2D eigenvalue weighted by Gasteiger charge is 2.16. The third-order valence-electron chi connectivity index (χ3n) is 4.47. The average molecular weight is 348 g/mol. The van der Waals surface area contributed by atoms with E-state index < -0.39 is 0 Å². The number of hydrogen-bond acceptors (Lipinski definition) is 6. The highest BCUT2D eigenvalue weighted by atomic mass is 16.5. The molecule has 4 heterocycles. The Hall–Kier alpha value is -3.22. The fraction of sp³-hybridized carbons (Fsp3) is 0.263. The van der Waals surface area contributed by atoms with Gasteiger partial charge in [-0.3, -0.25) is 4.98 Å². The van der Waals surface area contributed by atoms with Crippen molar-refractivity contribution in [3.8, 4) is 11.3 Å². The number of aryl methyl sites for hydroxylation is 3. The van der Waals surface area contributed by atoms with Crippen molar-refractivity contribution < 1.29 is 4.52 Å². The minimum atomic E-state index is 0.573. The molecule has 0 bridgehead atoms. The van der Waals surface area contributed by atoms with Crippen LogP contribution in [0.1, 0.15) is 22.7 Å². The maximum atomic E-state index is 5.52. The molecule has 7 nitrogen and oxygen atoms in total. The van der Waals surface area contributed by atoms with Crippen LogP contribution in [0, 0.1) is 20.8 Å². The van der Waals surface area contributed by atoms with E-state index in [9.17, 15) is 0 Å². The number of pyridine rings is 1. The van der Waals surface area contributed by atoms with Crippen molar-refractivity contribution in [3.05, 3.63) is 59.4 Å². The van der Waals surface area contributed by atoms with Crippen LogP contribution in [0.4, 0.5) is 5.82 Å². The molecule has 4 aromatic rings. The summed E-state index contributed by atoms with van der Waals surface area (Å²) >= 11 is 0. The van der Waals surface area contributed by atoms with Crippen LogP contribution >= 0.6 is 0 Å². The molecule has 7 heteroatoms. The van der Waals surface area contributed by atoms with Crippen LogP contribution in [0.3, 0.4) is 0 Å². The van der Waals surface area contributed by atoms with Crippen LogP contribution in [0.2, 0.25) is 0 Å². The Morgan fingerprint density at radius 3 is 2.81 bits per heavy atom. The molecule has 4 aromatic heterocycles. The van der Waals surface area contributed by atoms with Crippen LogP contribution in [0.5, 0.6) is 0 Å². The van der Waals surface area contributed by atoms with Gasteiger partial charge in [0, 0.05) is 48.4 Å². The molecule has 0 saturated carbocycles. The number of aromatic nitrogens is 5. The SMILES string of the molecule is Cc1cc(N(C)Cc2cc(-c3cccnc3)no2)n2nc(C)c(C)c2n1. The van der Waals surface area contributed by atoms with Gasteiger partial charge in [-0.2, -0.15) is 9.61 Å². The third-order valence-corrected chi connectivity index (χ3v) is 4.47. The van der Waals surface area contributed by atoms with E-state index >= 15 is 0 Å². The molecular formula is C19H20N6O. The summed E-state index contributed by atoms with van der Waals surface area (Å²) in [6.45, 7) is 6.61. The lowest BCUT2D eigenvalue weighted by molar-refractivity contribution is 0.384. The first-order valence-corrected chi connectivity index (χ1v) is 8.43. The molecule has 0 fully saturated rings. The van der Waals surface area contributed by atoms with Crippen LogP contribution in [0.25, 0.3) is 16.9 Å². The van der Waals surface area contributed by atoms with Gasteiger partial charge in [0.05, 0.1) is 12.2 Å². The average Bonchev–Trinajstić information content (AvgIpc) is 3.21. The Labute approximate surface area is 151 Å². The van der Waals surface area contributed by atoms with Gasteiger partial charge in [-0.15, -0.1) is 0 Å². The molecule has 0 radical (unpaired) electrons. The predicted octanol–water partition coefficient (Wildman–Crippen LogP) is 3.34. The molecule has 0 aromatic carbocycles. The smallest absolute Gasteiger partial charge is 0.160 e. The summed E-state index contributed by atoms with van der Waals surface area (Å²) in [4.78, 5) is 10.8.